The van der Waals surface area contributed by atoms with E-state index in [0.29, 0.717) is 12.0 Å². The maximum atomic E-state index is 5.89. The molecule has 1 aromatic rings. The van der Waals surface area contributed by atoms with E-state index < -0.39 is 0 Å². The summed E-state index contributed by atoms with van der Waals surface area (Å²) in [6, 6.07) is 6.86. The van der Waals surface area contributed by atoms with E-state index in [9.17, 15) is 0 Å². The van der Waals surface area contributed by atoms with Gasteiger partial charge in [0.15, 0.2) is 0 Å². The molecule has 0 heterocycles. The van der Waals surface area contributed by atoms with E-state index in [1.165, 1.54) is 46.8 Å². The zero-order valence-corrected chi connectivity index (χ0v) is 14.1. The van der Waals surface area contributed by atoms with Crippen LogP contribution in [0.4, 0.5) is 0 Å². The lowest BCUT2D eigenvalue weighted by Crippen LogP contribution is -2.36. The van der Waals surface area contributed by atoms with E-state index in [1.54, 1.807) is 0 Å². The maximum Gasteiger partial charge on any atom is 0.0498 e. The van der Waals surface area contributed by atoms with Crippen LogP contribution in [0.3, 0.4) is 0 Å². The van der Waals surface area contributed by atoms with Gasteiger partial charge in [0.25, 0.3) is 0 Å². The van der Waals surface area contributed by atoms with Crippen LogP contribution in [0.25, 0.3) is 0 Å². The van der Waals surface area contributed by atoms with Gasteiger partial charge in [0.1, 0.15) is 0 Å². The average Bonchev–Trinajstić information content (AvgIpc) is 2.44. The first kappa shape index (κ1) is 15.3. The molecule has 0 spiro atoms. The van der Waals surface area contributed by atoms with Gasteiger partial charge in [-0.2, -0.15) is 0 Å². The van der Waals surface area contributed by atoms with Crippen LogP contribution in [0.15, 0.2) is 18.2 Å². The van der Waals surface area contributed by atoms with E-state index in [0.717, 1.165) is 5.92 Å². The summed E-state index contributed by atoms with van der Waals surface area (Å²) in [5.41, 5.74) is 5.82. The summed E-state index contributed by atoms with van der Waals surface area (Å²) in [4.78, 5) is 0. The van der Waals surface area contributed by atoms with Crippen molar-refractivity contribution in [2.75, 3.05) is 0 Å². The molecule has 1 aromatic carbocycles. The standard InChI is InChI=1S/C16H25IN2/c1-3-12-7-5-8-13(10-12)16(19-18)14-9-4-6-11(2)15(14)17/h4,6,9,12-13,16,19H,3,5,7-8,10,18H2,1-2H3. The van der Waals surface area contributed by atoms with Gasteiger partial charge in [-0.3, -0.25) is 11.3 Å². The summed E-state index contributed by atoms with van der Waals surface area (Å²) >= 11 is 2.46. The largest absolute Gasteiger partial charge is 0.271 e. The number of hydrogen-bond acceptors (Lipinski definition) is 2. The highest BCUT2D eigenvalue weighted by atomic mass is 127. The molecular weight excluding hydrogens is 347 g/mol. The predicted octanol–water partition coefficient (Wildman–Crippen LogP) is 4.32. The third-order valence-electron chi connectivity index (χ3n) is 4.61. The molecule has 3 atom stereocenters. The van der Waals surface area contributed by atoms with Crippen molar-refractivity contribution in [2.24, 2.45) is 17.7 Å². The molecule has 19 heavy (non-hydrogen) atoms. The van der Waals surface area contributed by atoms with E-state index in [1.807, 2.05) is 0 Å². The fourth-order valence-corrected chi connectivity index (χ4v) is 4.09. The quantitative estimate of drug-likeness (QED) is 0.469. The molecule has 1 saturated carbocycles. The van der Waals surface area contributed by atoms with Crippen molar-refractivity contribution < 1.29 is 0 Å². The summed E-state index contributed by atoms with van der Waals surface area (Å²) in [7, 11) is 0. The zero-order valence-electron chi connectivity index (χ0n) is 12.0. The van der Waals surface area contributed by atoms with Crippen LogP contribution in [0, 0.1) is 22.3 Å². The molecule has 0 aromatic heterocycles. The van der Waals surface area contributed by atoms with Gasteiger partial charge in [0, 0.05) is 9.61 Å². The van der Waals surface area contributed by atoms with Crippen molar-refractivity contribution in [1.29, 1.82) is 0 Å². The van der Waals surface area contributed by atoms with Crippen molar-refractivity contribution in [3.63, 3.8) is 0 Å². The fourth-order valence-electron chi connectivity index (χ4n) is 3.40. The number of nitrogens with one attached hydrogen (secondary N) is 1. The Morgan fingerprint density at radius 2 is 2.21 bits per heavy atom. The van der Waals surface area contributed by atoms with Gasteiger partial charge in [0.05, 0.1) is 0 Å². The second-order valence-electron chi connectivity index (χ2n) is 5.82. The van der Waals surface area contributed by atoms with Crippen molar-refractivity contribution in [2.45, 2.75) is 52.0 Å². The Hall–Kier alpha value is -0.130. The Labute approximate surface area is 130 Å². The molecule has 3 unspecified atom stereocenters. The van der Waals surface area contributed by atoms with Crippen molar-refractivity contribution in [3.8, 4) is 0 Å². The highest BCUT2D eigenvalue weighted by Crippen LogP contribution is 2.39. The molecule has 106 valence electrons. The predicted molar refractivity (Wildman–Crippen MR) is 89.7 cm³/mol. The van der Waals surface area contributed by atoms with Gasteiger partial charge in [-0.15, -0.1) is 0 Å². The minimum absolute atomic E-state index is 0.307. The summed E-state index contributed by atoms with van der Waals surface area (Å²) in [6.45, 7) is 4.49. The molecule has 0 bridgehead atoms. The van der Waals surface area contributed by atoms with Crippen LogP contribution in [0.5, 0.6) is 0 Å². The molecule has 1 aliphatic rings. The van der Waals surface area contributed by atoms with Crippen molar-refractivity contribution >= 4 is 22.6 Å². The second-order valence-corrected chi connectivity index (χ2v) is 6.90. The monoisotopic (exact) mass is 372 g/mol. The first-order valence-electron chi connectivity index (χ1n) is 7.38. The van der Waals surface area contributed by atoms with Gasteiger partial charge < -0.3 is 0 Å². The van der Waals surface area contributed by atoms with Gasteiger partial charge in [-0.25, -0.2) is 0 Å². The number of rotatable bonds is 4. The van der Waals surface area contributed by atoms with Gasteiger partial charge >= 0.3 is 0 Å². The first-order valence-corrected chi connectivity index (χ1v) is 8.46. The van der Waals surface area contributed by atoms with Crippen LogP contribution >= 0.6 is 22.6 Å². The first-order chi connectivity index (χ1) is 9.17. The van der Waals surface area contributed by atoms with Crippen LogP contribution in [0.2, 0.25) is 0 Å². The average molecular weight is 372 g/mol. The Balaban J connectivity index is 2.21. The van der Waals surface area contributed by atoms with Gasteiger partial charge in [-0.1, -0.05) is 44.4 Å². The highest BCUT2D eigenvalue weighted by molar-refractivity contribution is 14.1. The highest BCUT2D eigenvalue weighted by Gasteiger charge is 2.29. The Bertz CT molecular complexity index is 419. The number of hydrogen-bond donors (Lipinski definition) is 2. The zero-order chi connectivity index (χ0) is 13.8. The van der Waals surface area contributed by atoms with Crippen molar-refractivity contribution in [3.05, 3.63) is 32.9 Å². The lowest BCUT2D eigenvalue weighted by Gasteiger charge is -2.34. The summed E-state index contributed by atoms with van der Waals surface area (Å²) in [5.74, 6) is 7.45. The number of hydrazine groups is 1. The number of nitrogens with two attached hydrogens (primary N) is 1. The molecule has 1 fully saturated rings. The smallest absolute Gasteiger partial charge is 0.0498 e. The summed E-state index contributed by atoms with van der Waals surface area (Å²) in [5, 5.41) is 0. The van der Waals surface area contributed by atoms with Crippen molar-refractivity contribution in [1.82, 2.24) is 5.43 Å². The van der Waals surface area contributed by atoms with Crippen LogP contribution in [-0.4, -0.2) is 0 Å². The fraction of sp³-hybridized carbons (Fsp3) is 0.625. The molecule has 0 amide bonds. The Morgan fingerprint density at radius 1 is 1.42 bits per heavy atom. The molecule has 1 aliphatic carbocycles. The van der Waals surface area contributed by atoms with Crippen LogP contribution in [0.1, 0.15) is 56.2 Å². The molecule has 2 nitrogen and oxygen atoms in total. The van der Waals surface area contributed by atoms with Gasteiger partial charge in [0.2, 0.25) is 0 Å². The third kappa shape index (κ3) is 3.50. The molecule has 0 saturated heterocycles. The molecular formula is C16H25IN2. The molecule has 3 heteroatoms. The van der Waals surface area contributed by atoms with Gasteiger partial charge in [-0.05, 0) is 65.3 Å². The third-order valence-corrected chi connectivity index (χ3v) is 6.08. The van der Waals surface area contributed by atoms with E-state index in [-0.39, 0.29) is 0 Å². The molecule has 0 aliphatic heterocycles. The van der Waals surface area contributed by atoms with Crippen LogP contribution < -0.4 is 11.3 Å². The lowest BCUT2D eigenvalue weighted by atomic mass is 9.75. The van der Waals surface area contributed by atoms with E-state index >= 15 is 0 Å². The Morgan fingerprint density at radius 3 is 2.89 bits per heavy atom. The Kier molecular flexibility index (Phi) is 5.66. The number of halogens is 1. The lowest BCUT2D eigenvalue weighted by molar-refractivity contribution is 0.209. The number of aryl methyl sites for hydroxylation is 1. The second kappa shape index (κ2) is 7.04. The summed E-state index contributed by atoms with van der Waals surface area (Å²) < 4.78 is 1.36. The number of benzene rings is 1. The minimum Gasteiger partial charge on any atom is -0.271 e. The van der Waals surface area contributed by atoms with E-state index in [4.69, 9.17) is 5.84 Å². The summed E-state index contributed by atoms with van der Waals surface area (Å²) in [6.07, 6.45) is 6.67. The molecule has 2 rings (SSSR count). The SMILES string of the molecule is CCC1CCCC(C(NN)c2cccc(C)c2I)C1. The van der Waals surface area contributed by atoms with Crippen LogP contribution in [-0.2, 0) is 0 Å². The van der Waals surface area contributed by atoms with E-state index in [2.05, 4.69) is 60.1 Å². The molecule has 3 N–H and O–H groups in total. The molecule has 0 radical (unpaired) electrons. The topological polar surface area (TPSA) is 38.0 Å². The normalized spacial score (nSPS) is 25.3. The maximum absolute atomic E-state index is 5.89. The minimum atomic E-state index is 0.307.